The first-order valence-electron chi connectivity index (χ1n) is 7.85. The highest BCUT2D eigenvalue weighted by Crippen LogP contribution is 2.37. The van der Waals surface area contributed by atoms with E-state index in [0.717, 1.165) is 31.2 Å². The molecule has 0 aromatic heterocycles. The molecule has 1 atom stereocenters. The van der Waals surface area contributed by atoms with Crippen LogP contribution < -0.4 is 0 Å². The molecule has 1 nitrogen and oxygen atoms in total. The molecular weight excluding hydrogens is 336 g/mol. The van der Waals surface area contributed by atoms with Crippen LogP contribution >= 0.6 is 15.9 Å². The second-order valence-electron chi connectivity index (χ2n) is 7.13. The molecule has 0 amide bonds. The van der Waals surface area contributed by atoms with Gasteiger partial charge in [-0.05, 0) is 44.1 Å². The van der Waals surface area contributed by atoms with E-state index in [4.69, 9.17) is 6.42 Å². The number of ketones is 1. The van der Waals surface area contributed by atoms with Gasteiger partial charge in [0.1, 0.15) is 0 Å². The number of Topliss-reactive ketones (excluding diaryl/α,β-unsaturated/α-hetero) is 1. The number of carbonyl (C=O) groups excluding carboxylic acids is 1. The SMILES string of the molecule is C#CCCC(C)(C)CCC(C)(C(=O)CBr)c1cccc(C)c1. The fourth-order valence-electron chi connectivity index (χ4n) is 2.70. The van der Waals surface area contributed by atoms with Crippen molar-refractivity contribution in [2.75, 3.05) is 5.33 Å². The molecule has 0 radical (unpaired) electrons. The maximum Gasteiger partial charge on any atom is 0.153 e. The summed E-state index contributed by atoms with van der Waals surface area (Å²) in [6.07, 6.45) is 9.00. The predicted molar refractivity (Wildman–Crippen MR) is 98.4 cm³/mol. The number of aryl methyl sites for hydroxylation is 1. The number of halogens is 1. The van der Waals surface area contributed by atoms with Gasteiger partial charge in [0.2, 0.25) is 0 Å². The van der Waals surface area contributed by atoms with Gasteiger partial charge in [-0.3, -0.25) is 4.79 Å². The van der Waals surface area contributed by atoms with Crippen LogP contribution in [0.2, 0.25) is 0 Å². The lowest BCUT2D eigenvalue weighted by molar-refractivity contribution is -0.121. The molecule has 1 rings (SSSR count). The van der Waals surface area contributed by atoms with E-state index in [1.165, 1.54) is 5.56 Å². The van der Waals surface area contributed by atoms with Crippen LogP contribution in [-0.4, -0.2) is 11.1 Å². The summed E-state index contributed by atoms with van der Waals surface area (Å²) in [6.45, 7) is 8.61. The van der Waals surface area contributed by atoms with Gasteiger partial charge in [-0.25, -0.2) is 0 Å². The van der Waals surface area contributed by atoms with Crippen molar-refractivity contribution in [3.8, 4) is 12.3 Å². The van der Waals surface area contributed by atoms with Gasteiger partial charge in [-0.1, -0.05) is 59.6 Å². The predicted octanol–water partition coefficient (Wildman–Crippen LogP) is 5.44. The van der Waals surface area contributed by atoms with Crippen LogP contribution in [0, 0.1) is 24.7 Å². The van der Waals surface area contributed by atoms with Gasteiger partial charge in [0.05, 0.1) is 10.7 Å². The van der Waals surface area contributed by atoms with Gasteiger partial charge in [-0.2, -0.15) is 0 Å². The number of hydrogen-bond acceptors (Lipinski definition) is 1. The molecule has 1 unspecified atom stereocenters. The lowest BCUT2D eigenvalue weighted by Crippen LogP contribution is -2.35. The Morgan fingerprint density at radius 3 is 2.45 bits per heavy atom. The van der Waals surface area contributed by atoms with E-state index in [1.54, 1.807) is 0 Å². The molecule has 0 N–H and O–H groups in total. The van der Waals surface area contributed by atoms with Crippen molar-refractivity contribution in [2.45, 2.75) is 58.8 Å². The second kappa shape index (κ2) is 7.97. The summed E-state index contributed by atoms with van der Waals surface area (Å²) < 4.78 is 0. The number of rotatable bonds is 8. The van der Waals surface area contributed by atoms with Gasteiger partial charge < -0.3 is 0 Å². The second-order valence-corrected chi connectivity index (χ2v) is 7.69. The monoisotopic (exact) mass is 362 g/mol. The Hall–Kier alpha value is -1.07. The lowest BCUT2D eigenvalue weighted by atomic mass is 9.70. The fraction of sp³-hybridized carbons (Fsp3) is 0.550. The molecule has 0 spiro atoms. The average Bonchev–Trinajstić information content (AvgIpc) is 2.50. The van der Waals surface area contributed by atoms with E-state index in [2.05, 4.69) is 67.7 Å². The first-order chi connectivity index (χ1) is 10.2. The fourth-order valence-corrected chi connectivity index (χ4v) is 3.32. The van der Waals surface area contributed by atoms with Crippen LogP contribution in [-0.2, 0) is 10.2 Å². The van der Waals surface area contributed by atoms with E-state index >= 15 is 0 Å². The molecule has 0 aliphatic carbocycles. The number of alkyl halides is 1. The third-order valence-corrected chi connectivity index (χ3v) is 5.15. The molecule has 22 heavy (non-hydrogen) atoms. The van der Waals surface area contributed by atoms with Gasteiger partial charge in [-0.15, -0.1) is 12.3 Å². The molecule has 0 aliphatic heterocycles. The maximum atomic E-state index is 12.6. The summed E-state index contributed by atoms with van der Waals surface area (Å²) in [5.41, 5.74) is 2.02. The highest BCUT2D eigenvalue weighted by molar-refractivity contribution is 9.09. The van der Waals surface area contributed by atoms with Gasteiger partial charge in [0.15, 0.2) is 5.78 Å². The minimum absolute atomic E-state index is 0.157. The highest BCUT2D eigenvalue weighted by atomic mass is 79.9. The number of carbonyl (C=O) groups is 1. The Morgan fingerprint density at radius 1 is 1.23 bits per heavy atom. The van der Waals surface area contributed by atoms with Gasteiger partial charge in [0, 0.05) is 6.42 Å². The average molecular weight is 363 g/mol. The Kier molecular flexibility index (Phi) is 6.88. The summed E-state index contributed by atoms with van der Waals surface area (Å²) in [4.78, 5) is 12.6. The van der Waals surface area contributed by atoms with Crippen LogP contribution in [0.15, 0.2) is 24.3 Å². The topological polar surface area (TPSA) is 17.1 Å². The Labute approximate surface area is 144 Å². The summed E-state index contributed by atoms with van der Waals surface area (Å²) in [6, 6.07) is 8.31. The third kappa shape index (κ3) is 4.99. The number of hydrogen-bond donors (Lipinski definition) is 0. The van der Waals surface area contributed by atoms with Gasteiger partial charge >= 0.3 is 0 Å². The molecule has 0 saturated carbocycles. The molecule has 0 heterocycles. The van der Waals surface area contributed by atoms with Crippen molar-refractivity contribution in [1.82, 2.24) is 0 Å². The molecule has 0 aliphatic rings. The Balaban J connectivity index is 2.99. The first-order valence-corrected chi connectivity index (χ1v) is 8.97. The molecule has 2 heteroatoms. The van der Waals surface area contributed by atoms with Gasteiger partial charge in [0.25, 0.3) is 0 Å². The molecule has 0 bridgehead atoms. The van der Waals surface area contributed by atoms with E-state index in [9.17, 15) is 4.79 Å². The van der Waals surface area contributed by atoms with E-state index < -0.39 is 5.41 Å². The van der Waals surface area contributed by atoms with Crippen LogP contribution in [0.5, 0.6) is 0 Å². The van der Waals surface area contributed by atoms with E-state index in [-0.39, 0.29) is 11.2 Å². The van der Waals surface area contributed by atoms with Crippen molar-refractivity contribution in [3.05, 3.63) is 35.4 Å². The first kappa shape index (κ1) is 19.0. The van der Waals surface area contributed by atoms with Crippen molar-refractivity contribution in [3.63, 3.8) is 0 Å². The van der Waals surface area contributed by atoms with Crippen molar-refractivity contribution < 1.29 is 4.79 Å². The zero-order chi connectivity index (χ0) is 16.8. The largest absolute Gasteiger partial charge is 0.298 e. The molecule has 120 valence electrons. The minimum atomic E-state index is -0.442. The molecule has 0 fully saturated rings. The van der Waals surface area contributed by atoms with Crippen LogP contribution in [0.4, 0.5) is 0 Å². The molecule has 0 saturated heterocycles. The van der Waals surface area contributed by atoms with Crippen molar-refractivity contribution in [2.24, 2.45) is 5.41 Å². The van der Waals surface area contributed by atoms with Crippen LogP contribution in [0.1, 0.15) is 57.6 Å². The number of benzene rings is 1. The summed E-state index contributed by atoms with van der Waals surface area (Å²) in [5, 5.41) is 0.391. The van der Waals surface area contributed by atoms with Crippen molar-refractivity contribution in [1.29, 1.82) is 0 Å². The summed E-state index contributed by atoms with van der Waals surface area (Å²) >= 11 is 3.35. The lowest BCUT2D eigenvalue weighted by Gasteiger charge is -2.33. The summed E-state index contributed by atoms with van der Waals surface area (Å²) in [7, 11) is 0. The Morgan fingerprint density at radius 2 is 1.91 bits per heavy atom. The minimum Gasteiger partial charge on any atom is -0.298 e. The third-order valence-electron chi connectivity index (χ3n) is 4.64. The molecule has 1 aromatic carbocycles. The standard InChI is InChI=1S/C20H27BrO/c1-6-7-11-19(3,4)12-13-20(5,18(22)15-21)17-10-8-9-16(2)14-17/h1,8-10,14H,7,11-13,15H2,2-5H3. The smallest absolute Gasteiger partial charge is 0.153 e. The van der Waals surface area contributed by atoms with Crippen LogP contribution in [0.3, 0.4) is 0 Å². The summed E-state index contributed by atoms with van der Waals surface area (Å²) in [5.74, 6) is 2.96. The number of terminal acetylenes is 1. The van der Waals surface area contributed by atoms with E-state index in [1.807, 2.05) is 6.07 Å². The normalized spacial score (nSPS) is 14.2. The zero-order valence-electron chi connectivity index (χ0n) is 14.2. The van der Waals surface area contributed by atoms with Crippen LogP contribution in [0.25, 0.3) is 0 Å². The Bertz CT molecular complexity index is 553. The molecular formula is C20H27BrO. The van der Waals surface area contributed by atoms with Crippen molar-refractivity contribution >= 4 is 21.7 Å². The molecule has 1 aromatic rings. The zero-order valence-corrected chi connectivity index (χ0v) is 15.8. The quantitative estimate of drug-likeness (QED) is 0.444. The maximum absolute atomic E-state index is 12.6. The highest BCUT2D eigenvalue weighted by Gasteiger charge is 2.35. The van der Waals surface area contributed by atoms with E-state index in [0.29, 0.717) is 5.33 Å².